The quantitative estimate of drug-likeness (QED) is 0.751. The molecule has 21 heavy (non-hydrogen) atoms. The molecule has 118 valence electrons. The fraction of sp³-hybridized carbons (Fsp3) is 0.769. The molecular weight excluding hydrogens is 270 g/mol. The van der Waals surface area contributed by atoms with E-state index in [1.165, 1.54) is 0 Å². The van der Waals surface area contributed by atoms with Gasteiger partial charge in [0.05, 0.1) is 6.61 Å². The van der Waals surface area contributed by atoms with Crippen molar-refractivity contribution in [3.63, 3.8) is 0 Å². The lowest BCUT2D eigenvalue weighted by atomic mass is 10.2. The molecule has 1 aliphatic rings. The maximum atomic E-state index is 5.69. The second-order valence-electron chi connectivity index (χ2n) is 5.43. The zero-order valence-electron chi connectivity index (χ0n) is 13.0. The lowest BCUT2D eigenvalue weighted by Gasteiger charge is -2.37. The van der Waals surface area contributed by atoms with Gasteiger partial charge in [0.1, 0.15) is 0 Å². The Hall–Kier alpha value is -1.67. The van der Waals surface area contributed by atoms with Gasteiger partial charge in [-0.2, -0.15) is 15.0 Å². The van der Waals surface area contributed by atoms with Crippen LogP contribution in [0.1, 0.15) is 13.3 Å². The number of nitrogens with zero attached hydrogens (tertiary/aromatic N) is 5. The minimum absolute atomic E-state index is 0.174. The molecule has 3 N–H and O–H groups in total. The molecule has 0 aliphatic carbocycles. The fourth-order valence-electron chi connectivity index (χ4n) is 2.24. The summed E-state index contributed by atoms with van der Waals surface area (Å²) in [6, 6.07) is 0.697. The van der Waals surface area contributed by atoms with Crippen molar-refractivity contribution in [1.82, 2.24) is 24.8 Å². The molecule has 1 fully saturated rings. The first-order valence-electron chi connectivity index (χ1n) is 7.35. The van der Waals surface area contributed by atoms with Crippen molar-refractivity contribution < 1.29 is 4.74 Å². The molecule has 1 saturated heterocycles. The number of hydrogen-bond acceptors (Lipinski definition) is 8. The van der Waals surface area contributed by atoms with Crippen LogP contribution in [-0.4, -0.2) is 77.7 Å². The SMILES string of the molecule is CCCOc1nc(N)nc(NCC2CN(C)CCN2C)n1. The first-order chi connectivity index (χ1) is 10.1. The number of nitrogens with two attached hydrogens (primary N) is 1. The minimum Gasteiger partial charge on any atom is -0.463 e. The van der Waals surface area contributed by atoms with Crippen LogP contribution < -0.4 is 15.8 Å². The third-order valence-corrected chi connectivity index (χ3v) is 3.54. The Labute approximate surface area is 125 Å². The molecule has 1 unspecified atom stereocenters. The van der Waals surface area contributed by atoms with E-state index < -0.39 is 0 Å². The molecule has 1 atom stereocenters. The number of nitrogens with one attached hydrogen (secondary N) is 1. The van der Waals surface area contributed by atoms with Crippen LogP contribution in [0.15, 0.2) is 0 Å². The third-order valence-electron chi connectivity index (χ3n) is 3.54. The van der Waals surface area contributed by atoms with Crippen molar-refractivity contribution in [3.05, 3.63) is 0 Å². The van der Waals surface area contributed by atoms with Gasteiger partial charge in [0.2, 0.25) is 11.9 Å². The van der Waals surface area contributed by atoms with Gasteiger partial charge in [-0.05, 0) is 20.5 Å². The molecule has 2 heterocycles. The highest BCUT2D eigenvalue weighted by molar-refractivity contribution is 5.32. The van der Waals surface area contributed by atoms with Crippen molar-refractivity contribution in [3.8, 4) is 6.01 Å². The Balaban J connectivity index is 1.94. The number of rotatable bonds is 6. The summed E-state index contributed by atoms with van der Waals surface area (Å²) in [5, 5.41) is 3.23. The van der Waals surface area contributed by atoms with Gasteiger partial charge in [0.25, 0.3) is 0 Å². The standard InChI is InChI=1S/C13H25N7O/c1-4-7-21-13-17-11(14)16-12(18-13)15-8-10-9-19(2)5-6-20(10)3/h10H,4-9H2,1-3H3,(H3,14,15,16,17,18). The number of ether oxygens (including phenoxy) is 1. The van der Waals surface area contributed by atoms with Gasteiger partial charge in [-0.15, -0.1) is 0 Å². The summed E-state index contributed by atoms with van der Waals surface area (Å²) in [5.74, 6) is 0.642. The maximum Gasteiger partial charge on any atom is 0.323 e. The molecule has 0 saturated carbocycles. The highest BCUT2D eigenvalue weighted by Gasteiger charge is 2.22. The van der Waals surface area contributed by atoms with Gasteiger partial charge >= 0.3 is 6.01 Å². The van der Waals surface area contributed by atoms with Crippen LogP contribution >= 0.6 is 0 Å². The lowest BCUT2D eigenvalue weighted by molar-refractivity contribution is 0.121. The molecule has 2 rings (SSSR count). The van der Waals surface area contributed by atoms with Crippen LogP contribution in [0.4, 0.5) is 11.9 Å². The summed E-state index contributed by atoms with van der Waals surface area (Å²) >= 11 is 0. The van der Waals surface area contributed by atoms with Crippen molar-refractivity contribution in [1.29, 1.82) is 0 Å². The Morgan fingerprint density at radius 2 is 2.10 bits per heavy atom. The van der Waals surface area contributed by atoms with E-state index in [4.69, 9.17) is 10.5 Å². The van der Waals surface area contributed by atoms with E-state index in [9.17, 15) is 0 Å². The molecule has 8 nitrogen and oxygen atoms in total. The second kappa shape index (κ2) is 7.37. The predicted octanol–water partition coefficient (Wildman–Crippen LogP) is -0.0997. The Morgan fingerprint density at radius 3 is 2.86 bits per heavy atom. The summed E-state index contributed by atoms with van der Waals surface area (Å²) in [6.45, 7) is 6.53. The van der Waals surface area contributed by atoms with Crippen LogP contribution in [0, 0.1) is 0 Å². The summed E-state index contributed by atoms with van der Waals surface area (Å²) in [5.41, 5.74) is 5.69. The maximum absolute atomic E-state index is 5.69. The van der Waals surface area contributed by atoms with Gasteiger partial charge in [0.15, 0.2) is 0 Å². The molecule has 1 aliphatic heterocycles. The fourth-order valence-corrected chi connectivity index (χ4v) is 2.24. The lowest BCUT2D eigenvalue weighted by Crippen LogP contribution is -2.52. The minimum atomic E-state index is 0.174. The van der Waals surface area contributed by atoms with Gasteiger partial charge < -0.3 is 20.7 Å². The summed E-state index contributed by atoms with van der Waals surface area (Å²) < 4.78 is 5.41. The third kappa shape index (κ3) is 4.68. The summed E-state index contributed by atoms with van der Waals surface area (Å²) in [4.78, 5) is 17.0. The van der Waals surface area contributed by atoms with E-state index in [-0.39, 0.29) is 12.0 Å². The van der Waals surface area contributed by atoms with Crippen LogP contribution in [0.2, 0.25) is 0 Å². The van der Waals surface area contributed by atoms with E-state index in [0.717, 1.165) is 32.6 Å². The number of anilines is 2. The van der Waals surface area contributed by atoms with E-state index in [2.05, 4.69) is 44.2 Å². The smallest absolute Gasteiger partial charge is 0.323 e. The average molecular weight is 295 g/mol. The van der Waals surface area contributed by atoms with Gasteiger partial charge in [-0.3, -0.25) is 4.90 Å². The van der Waals surface area contributed by atoms with Crippen molar-refractivity contribution in [2.75, 3.05) is 57.9 Å². The predicted molar refractivity (Wildman–Crippen MR) is 82.4 cm³/mol. The van der Waals surface area contributed by atoms with E-state index >= 15 is 0 Å². The first-order valence-corrected chi connectivity index (χ1v) is 7.35. The second-order valence-corrected chi connectivity index (χ2v) is 5.43. The zero-order chi connectivity index (χ0) is 15.2. The van der Waals surface area contributed by atoms with Crippen molar-refractivity contribution in [2.24, 2.45) is 0 Å². The molecular formula is C13H25N7O. The van der Waals surface area contributed by atoms with E-state index in [1.807, 2.05) is 6.92 Å². The molecule has 8 heteroatoms. The summed E-state index contributed by atoms with van der Waals surface area (Å²) in [7, 11) is 4.27. The van der Waals surface area contributed by atoms with Gasteiger partial charge in [0, 0.05) is 32.2 Å². The van der Waals surface area contributed by atoms with E-state index in [0.29, 0.717) is 18.6 Å². The molecule has 1 aromatic rings. The van der Waals surface area contributed by atoms with Crippen LogP contribution in [0.25, 0.3) is 0 Å². The number of piperazine rings is 1. The zero-order valence-corrected chi connectivity index (χ0v) is 13.0. The highest BCUT2D eigenvalue weighted by Crippen LogP contribution is 2.11. The Morgan fingerprint density at radius 1 is 1.29 bits per heavy atom. The topological polar surface area (TPSA) is 92.4 Å². The van der Waals surface area contributed by atoms with Gasteiger partial charge in [-0.1, -0.05) is 6.92 Å². The largest absolute Gasteiger partial charge is 0.463 e. The Bertz CT molecular complexity index is 456. The average Bonchev–Trinajstić information content (AvgIpc) is 2.45. The molecule has 0 radical (unpaired) electrons. The van der Waals surface area contributed by atoms with Crippen molar-refractivity contribution in [2.45, 2.75) is 19.4 Å². The van der Waals surface area contributed by atoms with Crippen molar-refractivity contribution >= 4 is 11.9 Å². The normalized spacial score (nSPS) is 20.4. The molecule has 1 aromatic heterocycles. The number of aromatic nitrogens is 3. The Kier molecular flexibility index (Phi) is 5.51. The number of nitrogen functional groups attached to an aromatic ring is 1. The van der Waals surface area contributed by atoms with E-state index in [1.54, 1.807) is 0 Å². The molecule has 0 bridgehead atoms. The molecule has 0 amide bonds. The van der Waals surface area contributed by atoms with Crippen LogP contribution in [0.3, 0.4) is 0 Å². The van der Waals surface area contributed by atoms with Crippen LogP contribution in [-0.2, 0) is 0 Å². The molecule has 0 spiro atoms. The molecule has 0 aromatic carbocycles. The highest BCUT2D eigenvalue weighted by atomic mass is 16.5. The van der Waals surface area contributed by atoms with Gasteiger partial charge in [-0.25, -0.2) is 0 Å². The number of hydrogen-bond donors (Lipinski definition) is 2. The number of likely N-dealkylation sites (N-methyl/N-ethyl adjacent to an activating group) is 2. The summed E-state index contributed by atoms with van der Waals surface area (Å²) in [6.07, 6.45) is 0.896. The van der Waals surface area contributed by atoms with Crippen LogP contribution in [0.5, 0.6) is 6.01 Å². The first kappa shape index (κ1) is 15.7. The monoisotopic (exact) mass is 295 g/mol.